The summed E-state index contributed by atoms with van der Waals surface area (Å²) < 4.78 is 24.2. The summed E-state index contributed by atoms with van der Waals surface area (Å²) in [6, 6.07) is 17.4. The maximum atomic E-state index is 12.1. The molecule has 1 aliphatic heterocycles. The van der Waals surface area contributed by atoms with E-state index in [-0.39, 0.29) is 0 Å². The van der Waals surface area contributed by atoms with Crippen molar-refractivity contribution < 1.29 is 8.42 Å². The van der Waals surface area contributed by atoms with E-state index in [1.807, 2.05) is 36.4 Å². The molecular formula is C24H27N3O2S. The Balaban J connectivity index is 1.72. The Morgan fingerprint density at radius 1 is 0.967 bits per heavy atom. The topological polar surface area (TPSA) is 53.5 Å². The minimum atomic E-state index is -3.29. The summed E-state index contributed by atoms with van der Waals surface area (Å²) in [6.45, 7) is 7.25. The second-order valence-electron chi connectivity index (χ2n) is 7.66. The van der Waals surface area contributed by atoms with Crippen LogP contribution in [0.25, 0.3) is 22.9 Å². The molecule has 2 aromatic carbocycles. The van der Waals surface area contributed by atoms with E-state index in [0.717, 1.165) is 55.0 Å². The van der Waals surface area contributed by atoms with Crippen LogP contribution in [0.3, 0.4) is 0 Å². The fraction of sp³-hybridized carbons (Fsp3) is 0.292. The summed E-state index contributed by atoms with van der Waals surface area (Å²) in [5.74, 6) is 1.000. The molecule has 1 saturated heterocycles. The highest BCUT2D eigenvalue weighted by Gasteiger charge is 2.19. The van der Waals surface area contributed by atoms with Crippen molar-refractivity contribution in [1.82, 2.24) is 9.88 Å². The largest absolute Gasteiger partial charge is 0.354 e. The summed E-state index contributed by atoms with van der Waals surface area (Å²) in [7, 11) is -3.29. The fourth-order valence-electron chi connectivity index (χ4n) is 3.93. The number of fused-ring (bicyclic) bond motifs is 1. The number of hydrogen-bond donors (Lipinski definition) is 0. The normalized spacial score (nSPS) is 15.9. The molecule has 4 rings (SSSR count). The van der Waals surface area contributed by atoms with Crippen LogP contribution in [0.1, 0.15) is 18.2 Å². The van der Waals surface area contributed by atoms with E-state index in [0.29, 0.717) is 10.5 Å². The minimum absolute atomic E-state index is 0.331. The first-order chi connectivity index (χ1) is 14.5. The van der Waals surface area contributed by atoms with Crippen LogP contribution in [0.2, 0.25) is 0 Å². The van der Waals surface area contributed by atoms with E-state index in [9.17, 15) is 8.42 Å². The van der Waals surface area contributed by atoms with Crippen molar-refractivity contribution in [3.8, 4) is 0 Å². The monoisotopic (exact) mass is 421 g/mol. The number of pyridine rings is 1. The van der Waals surface area contributed by atoms with Gasteiger partial charge in [-0.25, -0.2) is 13.4 Å². The average molecular weight is 422 g/mol. The molecule has 30 heavy (non-hydrogen) atoms. The molecule has 0 radical (unpaired) electrons. The summed E-state index contributed by atoms with van der Waals surface area (Å²) in [6.07, 6.45) is 4.98. The van der Waals surface area contributed by atoms with Gasteiger partial charge < -0.3 is 9.80 Å². The van der Waals surface area contributed by atoms with Gasteiger partial charge in [0.2, 0.25) is 0 Å². The summed E-state index contributed by atoms with van der Waals surface area (Å²) in [5.41, 5.74) is 1.50. The van der Waals surface area contributed by atoms with Crippen molar-refractivity contribution in [2.45, 2.75) is 11.8 Å². The molecule has 0 bridgehead atoms. The van der Waals surface area contributed by atoms with Gasteiger partial charge in [-0.15, -0.1) is 0 Å². The van der Waals surface area contributed by atoms with Gasteiger partial charge in [-0.05, 0) is 35.7 Å². The fourth-order valence-corrected chi connectivity index (χ4v) is 4.82. The van der Waals surface area contributed by atoms with Gasteiger partial charge in [-0.3, -0.25) is 0 Å². The van der Waals surface area contributed by atoms with Crippen molar-refractivity contribution in [2.75, 3.05) is 43.9 Å². The molecule has 0 N–H and O–H groups in total. The quantitative estimate of drug-likeness (QED) is 0.624. The highest BCUT2D eigenvalue weighted by Crippen LogP contribution is 2.28. The van der Waals surface area contributed by atoms with Crippen molar-refractivity contribution in [2.24, 2.45) is 0 Å². The maximum Gasteiger partial charge on any atom is 0.176 e. The third-order valence-electron chi connectivity index (χ3n) is 5.61. The number of benzene rings is 2. The third kappa shape index (κ3) is 4.40. The number of hydrogen-bond acceptors (Lipinski definition) is 5. The smallest absolute Gasteiger partial charge is 0.176 e. The van der Waals surface area contributed by atoms with E-state index >= 15 is 0 Å². The summed E-state index contributed by atoms with van der Waals surface area (Å²) in [4.78, 5) is 10.1. The maximum absolute atomic E-state index is 12.1. The zero-order chi connectivity index (χ0) is 21.1. The summed E-state index contributed by atoms with van der Waals surface area (Å²) >= 11 is 0. The van der Waals surface area contributed by atoms with E-state index < -0.39 is 9.84 Å². The minimum Gasteiger partial charge on any atom is -0.354 e. The van der Waals surface area contributed by atoms with E-state index in [4.69, 9.17) is 4.98 Å². The van der Waals surface area contributed by atoms with Gasteiger partial charge in [-0.1, -0.05) is 55.5 Å². The van der Waals surface area contributed by atoms with Crippen LogP contribution in [0.4, 0.5) is 5.82 Å². The van der Waals surface area contributed by atoms with Crippen molar-refractivity contribution in [3.05, 3.63) is 65.9 Å². The number of nitrogens with zero attached hydrogens (tertiary/aromatic N) is 3. The van der Waals surface area contributed by atoms with Crippen LogP contribution in [0.5, 0.6) is 0 Å². The Hall–Kier alpha value is -2.70. The van der Waals surface area contributed by atoms with Gasteiger partial charge in [0.15, 0.2) is 9.84 Å². The van der Waals surface area contributed by atoms with Crippen molar-refractivity contribution >= 4 is 38.6 Å². The lowest BCUT2D eigenvalue weighted by Gasteiger charge is -2.35. The molecule has 1 aromatic heterocycles. The van der Waals surface area contributed by atoms with Gasteiger partial charge in [0.25, 0.3) is 0 Å². The Bertz CT molecular complexity index is 1180. The summed E-state index contributed by atoms with van der Waals surface area (Å²) in [5, 5.41) is 2.28. The molecular weight excluding hydrogens is 394 g/mol. The Morgan fingerprint density at radius 3 is 2.40 bits per heavy atom. The van der Waals surface area contributed by atoms with Crippen LogP contribution in [0, 0.1) is 0 Å². The highest BCUT2D eigenvalue weighted by molar-refractivity contribution is 7.90. The zero-order valence-electron chi connectivity index (χ0n) is 17.5. The van der Waals surface area contributed by atoms with Crippen LogP contribution in [-0.2, 0) is 9.84 Å². The molecule has 0 saturated carbocycles. The molecule has 1 fully saturated rings. The molecule has 5 nitrogen and oxygen atoms in total. The van der Waals surface area contributed by atoms with Gasteiger partial charge in [-0.2, -0.15) is 0 Å². The lowest BCUT2D eigenvalue weighted by atomic mass is 10.1. The lowest BCUT2D eigenvalue weighted by Crippen LogP contribution is -2.46. The zero-order valence-corrected chi connectivity index (χ0v) is 18.3. The first kappa shape index (κ1) is 20.6. The second kappa shape index (κ2) is 8.58. The lowest BCUT2D eigenvalue weighted by molar-refractivity contribution is 0.271. The molecule has 1 aliphatic rings. The van der Waals surface area contributed by atoms with E-state index in [2.05, 4.69) is 34.9 Å². The number of aromatic nitrogens is 1. The molecule has 3 aromatic rings. The number of rotatable bonds is 5. The molecule has 0 unspecified atom stereocenters. The second-order valence-corrected chi connectivity index (χ2v) is 9.64. The number of sulfone groups is 1. The van der Waals surface area contributed by atoms with Gasteiger partial charge in [0.1, 0.15) is 5.82 Å². The predicted molar refractivity (Wildman–Crippen MR) is 125 cm³/mol. The van der Waals surface area contributed by atoms with Crippen molar-refractivity contribution in [1.29, 1.82) is 0 Å². The van der Waals surface area contributed by atoms with E-state index in [1.54, 1.807) is 12.1 Å². The Morgan fingerprint density at radius 2 is 1.67 bits per heavy atom. The van der Waals surface area contributed by atoms with Crippen LogP contribution in [-0.4, -0.2) is 57.3 Å². The molecule has 0 spiro atoms. The molecule has 0 aliphatic carbocycles. The molecule has 6 heteroatoms. The average Bonchev–Trinajstić information content (AvgIpc) is 2.77. The van der Waals surface area contributed by atoms with E-state index in [1.165, 1.54) is 6.26 Å². The van der Waals surface area contributed by atoms with Gasteiger partial charge >= 0.3 is 0 Å². The molecule has 0 amide bonds. The van der Waals surface area contributed by atoms with Gasteiger partial charge in [0.05, 0.1) is 10.6 Å². The predicted octanol–water partition coefficient (Wildman–Crippen LogP) is 3.95. The SMILES string of the molecule is CCN1CCN(c2nc(C=Cc3ccccc3S(C)(=O)=O)cc3ccccc23)CC1. The van der Waals surface area contributed by atoms with Crippen LogP contribution in [0.15, 0.2) is 59.5 Å². The Labute approximate surface area is 178 Å². The van der Waals surface area contributed by atoms with Crippen LogP contribution >= 0.6 is 0 Å². The molecule has 2 heterocycles. The van der Waals surface area contributed by atoms with Crippen LogP contribution < -0.4 is 4.90 Å². The number of likely N-dealkylation sites (N-methyl/N-ethyl adjacent to an activating group) is 1. The standard InChI is InChI=1S/C24H27N3O2S/c1-3-26-14-16-27(17-15-26)24-22-10-6-4-9-20(22)18-21(25-24)13-12-19-8-5-7-11-23(19)30(2,28)29/h4-13,18H,3,14-17H2,1-2H3. The Kier molecular flexibility index (Phi) is 5.88. The molecule has 156 valence electrons. The third-order valence-corrected chi connectivity index (χ3v) is 6.78. The highest BCUT2D eigenvalue weighted by atomic mass is 32.2. The molecule has 0 atom stereocenters. The first-order valence-corrected chi connectivity index (χ1v) is 12.2. The van der Waals surface area contributed by atoms with Crippen molar-refractivity contribution in [3.63, 3.8) is 0 Å². The van der Waals surface area contributed by atoms with Gasteiger partial charge in [0, 0.05) is 37.8 Å². The first-order valence-electron chi connectivity index (χ1n) is 10.3. The number of anilines is 1. The number of piperazine rings is 1.